The summed E-state index contributed by atoms with van der Waals surface area (Å²) in [5.74, 6) is 0. The highest BCUT2D eigenvalue weighted by molar-refractivity contribution is 5.78. The summed E-state index contributed by atoms with van der Waals surface area (Å²) in [6.07, 6.45) is 1.64. The van der Waals surface area contributed by atoms with Gasteiger partial charge in [0.2, 0.25) is 5.43 Å². The molecule has 3 aromatic rings. The van der Waals surface area contributed by atoms with Gasteiger partial charge in [0.1, 0.15) is 5.52 Å². The van der Waals surface area contributed by atoms with Crippen LogP contribution in [0.3, 0.4) is 0 Å². The molecule has 0 unspecified atom stereocenters. The molecule has 0 spiro atoms. The van der Waals surface area contributed by atoms with Gasteiger partial charge in [-0.25, -0.2) is 0 Å². The third-order valence-electron chi connectivity index (χ3n) is 3.97. The molecule has 2 heterocycles. The molecular weight excluding hydrogens is 272 g/mol. The van der Waals surface area contributed by atoms with Crippen LogP contribution >= 0.6 is 0 Å². The zero-order valence-electron chi connectivity index (χ0n) is 13.4. The fraction of sp³-hybridized carbons (Fsp3) is 0.263. The summed E-state index contributed by atoms with van der Waals surface area (Å²) < 4.78 is 0. The number of nitrogens with zero attached hydrogens (tertiary/aromatic N) is 1. The summed E-state index contributed by atoms with van der Waals surface area (Å²) in [7, 11) is 0. The van der Waals surface area contributed by atoms with Crippen LogP contribution in [0.15, 0.2) is 47.4 Å². The van der Waals surface area contributed by atoms with E-state index < -0.39 is 0 Å². The van der Waals surface area contributed by atoms with Gasteiger partial charge in [0.25, 0.3) is 0 Å². The van der Waals surface area contributed by atoms with Crippen molar-refractivity contribution in [2.24, 2.45) is 0 Å². The van der Waals surface area contributed by atoms with Crippen molar-refractivity contribution in [1.29, 1.82) is 0 Å². The second-order valence-electron chi connectivity index (χ2n) is 6.73. The summed E-state index contributed by atoms with van der Waals surface area (Å²) in [6.45, 7) is 8.68. The lowest BCUT2D eigenvalue weighted by molar-refractivity contribution is 0.590. The van der Waals surface area contributed by atoms with Crippen LogP contribution in [-0.4, -0.2) is 9.97 Å². The van der Waals surface area contributed by atoms with Crippen LogP contribution in [0.25, 0.3) is 22.3 Å². The predicted octanol–water partition coefficient (Wildman–Crippen LogP) is 4.20. The van der Waals surface area contributed by atoms with Crippen LogP contribution in [0.2, 0.25) is 0 Å². The molecule has 0 fully saturated rings. The molecule has 1 aromatic carbocycles. The summed E-state index contributed by atoms with van der Waals surface area (Å²) >= 11 is 0. The number of hydrogen-bond acceptors (Lipinski definition) is 2. The number of aromatic amines is 1. The first kappa shape index (κ1) is 14.5. The fourth-order valence-electron chi connectivity index (χ4n) is 2.66. The third-order valence-corrected chi connectivity index (χ3v) is 3.97. The van der Waals surface area contributed by atoms with E-state index in [-0.39, 0.29) is 10.8 Å². The Morgan fingerprint density at radius 3 is 2.55 bits per heavy atom. The Morgan fingerprint density at radius 1 is 1.09 bits per heavy atom. The smallest absolute Gasteiger partial charge is 0.208 e. The molecule has 0 amide bonds. The van der Waals surface area contributed by atoms with Crippen molar-refractivity contribution in [3.8, 4) is 11.3 Å². The number of hydrogen-bond donors (Lipinski definition) is 1. The van der Waals surface area contributed by atoms with Gasteiger partial charge < -0.3 is 4.98 Å². The molecule has 1 N–H and O–H groups in total. The van der Waals surface area contributed by atoms with Crippen LogP contribution in [-0.2, 0) is 5.41 Å². The first-order valence-corrected chi connectivity index (χ1v) is 7.46. The Balaban J connectivity index is 2.18. The molecule has 2 aromatic heterocycles. The molecule has 0 aliphatic heterocycles. The van der Waals surface area contributed by atoms with Crippen molar-refractivity contribution in [3.05, 3.63) is 63.9 Å². The van der Waals surface area contributed by atoms with Crippen molar-refractivity contribution < 1.29 is 0 Å². The minimum absolute atomic E-state index is 0.0522. The number of H-pyrrole nitrogens is 1. The van der Waals surface area contributed by atoms with Crippen molar-refractivity contribution in [1.82, 2.24) is 9.97 Å². The highest BCUT2D eigenvalue weighted by Gasteiger charge is 2.15. The normalized spacial score (nSPS) is 11.8. The molecule has 3 heteroatoms. The average Bonchev–Trinajstić information content (AvgIpc) is 2.46. The molecule has 0 saturated heterocycles. The highest BCUT2D eigenvalue weighted by Crippen LogP contribution is 2.28. The van der Waals surface area contributed by atoms with Crippen LogP contribution in [0.5, 0.6) is 0 Å². The molecular formula is C19H20N2O. The van der Waals surface area contributed by atoms with Crippen LogP contribution in [0.1, 0.15) is 31.9 Å². The fourth-order valence-corrected chi connectivity index (χ4v) is 2.66. The number of fused-ring (bicyclic) bond motifs is 1. The molecule has 0 aliphatic rings. The van der Waals surface area contributed by atoms with E-state index in [1.807, 2.05) is 12.1 Å². The van der Waals surface area contributed by atoms with E-state index in [0.29, 0.717) is 5.52 Å². The Kier molecular flexibility index (Phi) is 3.36. The topological polar surface area (TPSA) is 45.8 Å². The lowest BCUT2D eigenvalue weighted by Crippen LogP contribution is -2.11. The van der Waals surface area contributed by atoms with Crippen LogP contribution < -0.4 is 5.43 Å². The maximum atomic E-state index is 12.2. The number of aromatic nitrogens is 2. The van der Waals surface area contributed by atoms with E-state index >= 15 is 0 Å². The van der Waals surface area contributed by atoms with E-state index in [4.69, 9.17) is 0 Å². The molecule has 22 heavy (non-hydrogen) atoms. The summed E-state index contributed by atoms with van der Waals surface area (Å²) in [5.41, 5.74) is 5.65. The second kappa shape index (κ2) is 5.09. The standard InChI is InChI=1S/C19H20N2O/c1-12-10-13(19(2,3)4)7-8-14(12)16-11-17(22)18-15(21-16)6-5-9-20-18/h5-11H,1-4H3,(H,21,22). The first-order chi connectivity index (χ1) is 10.4. The molecule has 3 nitrogen and oxygen atoms in total. The molecule has 0 bridgehead atoms. The molecule has 3 rings (SSSR count). The minimum Gasteiger partial charge on any atom is -0.353 e. The largest absolute Gasteiger partial charge is 0.353 e. The van der Waals surface area contributed by atoms with Crippen LogP contribution in [0, 0.1) is 6.92 Å². The van der Waals surface area contributed by atoms with Gasteiger partial charge in [-0.05, 0) is 35.6 Å². The van der Waals surface area contributed by atoms with Crippen molar-refractivity contribution in [2.75, 3.05) is 0 Å². The van der Waals surface area contributed by atoms with Gasteiger partial charge in [0.15, 0.2) is 0 Å². The van der Waals surface area contributed by atoms with E-state index in [2.05, 4.69) is 55.9 Å². The molecule has 112 valence electrons. The number of aryl methyl sites for hydroxylation is 1. The van der Waals surface area contributed by atoms with Gasteiger partial charge in [-0.2, -0.15) is 0 Å². The van der Waals surface area contributed by atoms with Gasteiger partial charge in [0, 0.05) is 17.8 Å². The molecule has 0 radical (unpaired) electrons. The number of nitrogens with one attached hydrogen (secondary N) is 1. The maximum Gasteiger partial charge on any atom is 0.208 e. The van der Waals surface area contributed by atoms with Gasteiger partial charge >= 0.3 is 0 Å². The monoisotopic (exact) mass is 292 g/mol. The Bertz CT molecular complexity index is 901. The summed E-state index contributed by atoms with van der Waals surface area (Å²) in [6, 6.07) is 11.8. The molecule has 0 saturated carbocycles. The van der Waals surface area contributed by atoms with E-state index in [0.717, 1.165) is 22.3 Å². The minimum atomic E-state index is -0.0522. The van der Waals surface area contributed by atoms with Crippen LogP contribution in [0.4, 0.5) is 0 Å². The van der Waals surface area contributed by atoms with Crippen molar-refractivity contribution in [3.63, 3.8) is 0 Å². The van der Waals surface area contributed by atoms with E-state index in [1.165, 1.54) is 5.56 Å². The quantitative estimate of drug-likeness (QED) is 0.730. The van der Waals surface area contributed by atoms with Crippen molar-refractivity contribution >= 4 is 11.0 Å². The van der Waals surface area contributed by atoms with Gasteiger partial charge in [0.05, 0.1) is 11.2 Å². The first-order valence-electron chi connectivity index (χ1n) is 7.46. The number of pyridine rings is 2. The Labute approximate surface area is 130 Å². The summed E-state index contributed by atoms with van der Waals surface area (Å²) in [5, 5.41) is 0. The third kappa shape index (κ3) is 2.54. The highest BCUT2D eigenvalue weighted by atomic mass is 16.1. The molecule has 0 aliphatic carbocycles. The average molecular weight is 292 g/mol. The zero-order chi connectivity index (χ0) is 15.9. The Hall–Kier alpha value is -2.42. The zero-order valence-corrected chi connectivity index (χ0v) is 13.4. The SMILES string of the molecule is Cc1cc(C(C)(C)C)ccc1-c1cc(=O)c2ncccc2[nH]1. The second-order valence-corrected chi connectivity index (χ2v) is 6.73. The Morgan fingerprint density at radius 2 is 1.86 bits per heavy atom. The number of rotatable bonds is 1. The van der Waals surface area contributed by atoms with Gasteiger partial charge in [-0.3, -0.25) is 9.78 Å². The summed E-state index contributed by atoms with van der Waals surface area (Å²) in [4.78, 5) is 19.7. The van der Waals surface area contributed by atoms with Gasteiger partial charge in [-0.1, -0.05) is 39.0 Å². The molecule has 0 atom stereocenters. The van der Waals surface area contributed by atoms with E-state index in [1.54, 1.807) is 12.3 Å². The van der Waals surface area contributed by atoms with Gasteiger partial charge in [-0.15, -0.1) is 0 Å². The lowest BCUT2D eigenvalue weighted by atomic mass is 9.85. The van der Waals surface area contributed by atoms with Crippen molar-refractivity contribution in [2.45, 2.75) is 33.1 Å². The number of benzene rings is 1. The maximum absolute atomic E-state index is 12.2. The predicted molar refractivity (Wildman–Crippen MR) is 91.2 cm³/mol. The lowest BCUT2D eigenvalue weighted by Gasteiger charge is -2.20. The van der Waals surface area contributed by atoms with E-state index in [9.17, 15) is 4.79 Å².